The zero-order valence-electron chi connectivity index (χ0n) is 19.1. The first-order valence-corrected chi connectivity index (χ1v) is 10.9. The highest BCUT2D eigenvalue weighted by atomic mass is 16.5. The number of rotatable bonds is 5. The number of carbonyl (C=O) groups is 1. The topological polar surface area (TPSA) is 150 Å². The summed E-state index contributed by atoms with van der Waals surface area (Å²) in [6, 6.07) is 7.59. The third kappa shape index (κ3) is 4.51. The second kappa shape index (κ2) is 9.43. The van der Waals surface area contributed by atoms with Gasteiger partial charge in [-0.2, -0.15) is 4.98 Å². The Morgan fingerprint density at radius 1 is 1.23 bits per heavy atom. The summed E-state index contributed by atoms with van der Waals surface area (Å²) in [5.74, 6) is 1.26. The first-order chi connectivity index (χ1) is 17.0. The lowest BCUT2D eigenvalue weighted by Gasteiger charge is -2.20. The maximum Gasteiger partial charge on any atom is 0.255 e. The third-order valence-electron chi connectivity index (χ3n) is 5.59. The second-order valence-electron chi connectivity index (χ2n) is 7.87. The molecule has 1 aliphatic heterocycles. The average molecular weight is 474 g/mol. The van der Waals surface area contributed by atoms with Gasteiger partial charge in [0.1, 0.15) is 17.9 Å². The van der Waals surface area contributed by atoms with E-state index in [9.17, 15) is 9.59 Å². The number of hydrogen-bond acceptors (Lipinski definition) is 10. The molecule has 5 rings (SSSR count). The van der Waals surface area contributed by atoms with Crippen molar-refractivity contribution in [2.75, 3.05) is 20.2 Å². The molecule has 1 atom stereocenters. The molecule has 12 heteroatoms. The lowest BCUT2D eigenvalue weighted by atomic mass is 10.1. The average Bonchev–Trinajstić information content (AvgIpc) is 3.22. The van der Waals surface area contributed by atoms with Crippen LogP contribution in [-0.2, 0) is 6.54 Å². The number of aryl methyl sites for hydroxylation is 1. The van der Waals surface area contributed by atoms with Crippen LogP contribution in [0.3, 0.4) is 0 Å². The summed E-state index contributed by atoms with van der Waals surface area (Å²) in [7, 11) is 1.48. The number of aromatic nitrogens is 6. The van der Waals surface area contributed by atoms with Gasteiger partial charge in [0.05, 0.1) is 30.1 Å². The number of amides is 1. The van der Waals surface area contributed by atoms with Gasteiger partial charge in [0.25, 0.3) is 11.5 Å². The first-order valence-electron chi connectivity index (χ1n) is 10.9. The molecule has 1 aliphatic rings. The molecule has 0 fully saturated rings. The van der Waals surface area contributed by atoms with Gasteiger partial charge >= 0.3 is 0 Å². The van der Waals surface area contributed by atoms with E-state index in [0.29, 0.717) is 65.4 Å². The molecule has 0 saturated heterocycles. The molecule has 3 aromatic heterocycles. The smallest absolute Gasteiger partial charge is 0.255 e. The van der Waals surface area contributed by atoms with Gasteiger partial charge in [-0.3, -0.25) is 14.2 Å². The van der Waals surface area contributed by atoms with Gasteiger partial charge in [-0.1, -0.05) is 5.16 Å². The van der Waals surface area contributed by atoms with Crippen molar-refractivity contribution in [3.8, 4) is 28.5 Å². The van der Waals surface area contributed by atoms with Crippen molar-refractivity contribution in [1.82, 2.24) is 40.3 Å². The van der Waals surface area contributed by atoms with Crippen LogP contribution in [0.4, 0.5) is 0 Å². The number of ether oxygens (including phenoxy) is 1. The molecule has 1 aromatic carbocycles. The first kappa shape index (κ1) is 22.3. The molecule has 2 N–H and O–H groups in total. The van der Waals surface area contributed by atoms with Crippen molar-refractivity contribution in [2.24, 2.45) is 0 Å². The molecular weight excluding hydrogens is 452 g/mol. The van der Waals surface area contributed by atoms with Crippen LogP contribution in [0.15, 0.2) is 52.2 Å². The fraction of sp³-hybridized carbons (Fsp3) is 0.261. The maximum atomic E-state index is 13.3. The molecule has 178 valence electrons. The highest BCUT2D eigenvalue weighted by molar-refractivity contribution is 5.97. The monoisotopic (exact) mass is 474 g/mol. The summed E-state index contributed by atoms with van der Waals surface area (Å²) in [4.78, 5) is 43.2. The Hall–Kier alpha value is -4.45. The highest BCUT2D eigenvalue weighted by Gasteiger charge is 2.26. The zero-order chi connectivity index (χ0) is 24.4. The van der Waals surface area contributed by atoms with Gasteiger partial charge in [0.2, 0.25) is 11.7 Å². The van der Waals surface area contributed by atoms with Crippen LogP contribution < -0.4 is 20.9 Å². The molecule has 1 unspecified atom stereocenters. The van der Waals surface area contributed by atoms with Crippen LogP contribution >= 0.6 is 0 Å². The normalized spacial score (nSPS) is 15.2. The van der Waals surface area contributed by atoms with Crippen molar-refractivity contribution >= 4 is 5.91 Å². The molecule has 4 aromatic rings. The number of hydrogen-bond donors (Lipinski definition) is 2. The van der Waals surface area contributed by atoms with Crippen LogP contribution in [0.2, 0.25) is 0 Å². The van der Waals surface area contributed by atoms with Gasteiger partial charge < -0.3 is 19.9 Å². The van der Waals surface area contributed by atoms with Crippen molar-refractivity contribution in [3.63, 3.8) is 0 Å². The third-order valence-corrected chi connectivity index (χ3v) is 5.59. The highest BCUT2D eigenvalue weighted by Crippen LogP contribution is 2.26. The van der Waals surface area contributed by atoms with E-state index >= 15 is 0 Å². The van der Waals surface area contributed by atoms with E-state index in [2.05, 4.69) is 30.7 Å². The molecule has 0 radical (unpaired) electrons. The molecule has 4 heterocycles. The van der Waals surface area contributed by atoms with E-state index in [4.69, 9.17) is 14.2 Å². The predicted molar refractivity (Wildman–Crippen MR) is 124 cm³/mol. The van der Waals surface area contributed by atoms with E-state index in [1.54, 1.807) is 42.0 Å². The molecule has 1 amide bonds. The molecule has 12 nitrogen and oxygen atoms in total. The van der Waals surface area contributed by atoms with Crippen LogP contribution in [-0.4, -0.2) is 55.8 Å². The number of carbonyl (C=O) groups excluding carboxylic acids is 1. The standard InChI is InChI=1S/C23H22N8O4/c1-13-27-21(30-35-13)14-3-4-15(19(9-14)34-2)23(33)29-18-11-24-7-8-31-20(32)10-17(28-22(18)31)16-5-6-25-12-26-16/h3-6,9-10,12,18,24H,7-8,11H2,1-2H3,(H,29,33). The summed E-state index contributed by atoms with van der Waals surface area (Å²) in [6.45, 7) is 3.09. The fourth-order valence-corrected chi connectivity index (χ4v) is 3.90. The number of nitrogens with one attached hydrogen (secondary N) is 2. The molecule has 0 spiro atoms. The predicted octanol–water partition coefficient (Wildman–Crippen LogP) is 1.14. The van der Waals surface area contributed by atoms with Crippen LogP contribution in [0, 0.1) is 6.92 Å². The maximum absolute atomic E-state index is 13.3. The van der Waals surface area contributed by atoms with E-state index in [-0.39, 0.29) is 11.5 Å². The second-order valence-corrected chi connectivity index (χ2v) is 7.87. The Kier molecular flexibility index (Phi) is 6.02. The number of benzene rings is 1. The van der Waals surface area contributed by atoms with Crippen molar-refractivity contribution in [1.29, 1.82) is 0 Å². The lowest BCUT2D eigenvalue weighted by molar-refractivity contribution is 0.0931. The van der Waals surface area contributed by atoms with Crippen LogP contribution in [0.5, 0.6) is 5.75 Å². The Balaban J connectivity index is 1.47. The van der Waals surface area contributed by atoms with Gasteiger partial charge in [0.15, 0.2) is 0 Å². The number of nitrogens with zero attached hydrogens (tertiary/aromatic N) is 6. The fourth-order valence-electron chi connectivity index (χ4n) is 3.90. The summed E-state index contributed by atoms with van der Waals surface area (Å²) < 4.78 is 12.1. The molecular formula is C23H22N8O4. The molecule has 0 saturated carbocycles. The molecule has 35 heavy (non-hydrogen) atoms. The quantitative estimate of drug-likeness (QED) is 0.431. The Labute approximate surface area is 199 Å². The summed E-state index contributed by atoms with van der Waals surface area (Å²) in [6.07, 6.45) is 2.98. The summed E-state index contributed by atoms with van der Waals surface area (Å²) in [5.41, 5.74) is 1.70. The number of methoxy groups -OCH3 is 1. The van der Waals surface area contributed by atoms with Gasteiger partial charge in [-0.25, -0.2) is 15.0 Å². The Morgan fingerprint density at radius 2 is 2.11 bits per heavy atom. The zero-order valence-corrected chi connectivity index (χ0v) is 19.1. The van der Waals surface area contributed by atoms with E-state index in [1.807, 2.05) is 0 Å². The molecule has 0 aliphatic carbocycles. The van der Waals surface area contributed by atoms with Crippen molar-refractivity contribution in [3.05, 3.63) is 70.5 Å². The number of fused-ring (bicyclic) bond motifs is 1. The van der Waals surface area contributed by atoms with Crippen molar-refractivity contribution < 1.29 is 14.1 Å². The Morgan fingerprint density at radius 3 is 2.86 bits per heavy atom. The van der Waals surface area contributed by atoms with Gasteiger partial charge in [0, 0.05) is 44.4 Å². The van der Waals surface area contributed by atoms with Crippen LogP contribution in [0.1, 0.15) is 28.1 Å². The lowest BCUT2D eigenvalue weighted by Crippen LogP contribution is -2.37. The largest absolute Gasteiger partial charge is 0.496 e. The summed E-state index contributed by atoms with van der Waals surface area (Å²) in [5, 5.41) is 10.1. The van der Waals surface area contributed by atoms with E-state index < -0.39 is 6.04 Å². The minimum Gasteiger partial charge on any atom is -0.496 e. The minimum atomic E-state index is -0.566. The minimum absolute atomic E-state index is 0.219. The van der Waals surface area contributed by atoms with Gasteiger partial charge in [-0.05, 0) is 24.3 Å². The van der Waals surface area contributed by atoms with E-state index in [1.165, 1.54) is 19.5 Å². The molecule has 0 bridgehead atoms. The van der Waals surface area contributed by atoms with E-state index in [0.717, 1.165) is 0 Å². The SMILES string of the molecule is COc1cc(-c2noc(C)n2)ccc1C(=O)NC1CNCCn2c1nc(-c1ccncn1)cc2=O. The Bertz CT molecular complexity index is 1430. The van der Waals surface area contributed by atoms with Crippen LogP contribution in [0.25, 0.3) is 22.8 Å². The summed E-state index contributed by atoms with van der Waals surface area (Å²) >= 11 is 0. The van der Waals surface area contributed by atoms with Crippen molar-refractivity contribution in [2.45, 2.75) is 19.5 Å². The van der Waals surface area contributed by atoms with Gasteiger partial charge in [-0.15, -0.1) is 0 Å².